The predicted molar refractivity (Wildman–Crippen MR) is 179 cm³/mol. The fourth-order valence-corrected chi connectivity index (χ4v) is 5.30. The van der Waals surface area contributed by atoms with Gasteiger partial charge in [-0.15, -0.1) is 0 Å². The number of rotatable bonds is 12. The highest BCUT2D eigenvalue weighted by Gasteiger charge is 2.51. The van der Waals surface area contributed by atoms with Crippen LogP contribution in [0.1, 0.15) is 56.2 Å². The summed E-state index contributed by atoms with van der Waals surface area (Å²) in [5.41, 5.74) is 3.53. The van der Waals surface area contributed by atoms with Crippen LogP contribution in [0.5, 0.6) is 0 Å². The Morgan fingerprint density at radius 3 is 1.77 bits per heavy atom. The maximum absolute atomic E-state index is 13.5. The summed E-state index contributed by atoms with van der Waals surface area (Å²) in [5, 5.41) is 3.35. The molecule has 0 saturated carbocycles. The van der Waals surface area contributed by atoms with E-state index in [1.54, 1.807) is 104 Å². The predicted octanol–water partition coefficient (Wildman–Crippen LogP) is 6.27. The van der Waals surface area contributed by atoms with Crippen LogP contribution in [0.4, 0.5) is 5.69 Å². The van der Waals surface area contributed by atoms with Gasteiger partial charge in [-0.1, -0.05) is 66.7 Å². The smallest absolute Gasteiger partial charge is 0.338 e. The number of nitrogens with one attached hydrogen (secondary N) is 1. The van der Waals surface area contributed by atoms with Crippen molar-refractivity contribution in [2.45, 2.75) is 51.5 Å². The molecule has 0 spiro atoms. The Morgan fingerprint density at radius 2 is 1.25 bits per heavy atom. The van der Waals surface area contributed by atoms with Gasteiger partial charge < -0.3 is 29.0 Å². The van der Waals surface area contributed by atoms with Crippen molar-refractivity contribution in [3.8, 4) is 0 Å². The van der Waals surface area contributed by atoms with Crippen molar-refractivity contribution in [1.29, 1.82) is 0 Å². The van der Waals surface area contributed by atoms with E-state index in [1.165, 1.54) is 0 Å². The number of nitrogens with zero attached hydrogens (tertiary/aromatic N) is 1. The molecule has 3 aromatic carbocycles. The van der Waals surface area contributed by atoms with Gasteiger partial charge in [0.05, 0.1) is 29.4 Å². The number of hydrogen-bond acceptors (Lipinski definition) is 10. The third-order valence-corrected chi connectivity index (χ3v) is 7.71. The molecule has 1 N–H and O–H groups in total. The molecule has 4 aromatic rings. The van der Waals surface area contributed by atoms with Crippen LogP contribution in [0.2, 0.25) is 0 Å². The van der Waals surface area contributed by atoms with E-state index in [0.29, 0.717) is 12.1 Å². The first-order valence-corrected chi connectivity index (χ1v) is 15.7. The molecule has 1 unspecified atom stereocenters. The summed E-state index contributed by atoms with van der Waals surface area (Å²) in [4.78, 5) is 44.5. The number of hydrogen-bond donors (Lipinski definition) is 1. The van der Waals surface area contributed by atoms with E-state index >= 15 is 0 Å². The molecule has 1 fully saturated rings. The van der Waals surface area contributed by atoms with Gasteiger partial charge in [-0.3, -0.25) is 4.98 Å². The van der Waals surface area contributed by atoms with Gasteiger partial charge in [-0.25, -0.2) is 14.4 Å². The van der Waals surface area contributed by atoms with E-state index in [1.807, 2.05) is 32.1 Å². The van der Waals surface area contributed by atoms with Crippen molar-refractivity contribution >= 4 is 29.7 Å². The van der Waals surface area contributed by atoms with Gasteiger partial charge in [0.15, 0.2) is 24.6 Å². The largest absolute Gasteiger partial charge is 0.452 e. The zero-order valence-corrected chi connectivity index (χ0v) is 27.0. The quantitative estimate of drug-likeness (QED) is 0.107. The molecular weight excluding hydrogens is 612 g/mol. The first-order chi connectivity index (χ1) is 23.4. The second-order valence-electron chi connectivity index (χ2n) is 11.1. The van der Waals surface area contributed by atoms with Crippen LogP contribution in [-0.4, -0.2) is 66.7 Å². The molecular formula is C38H38N2O8. The summed E-state index contributed by atoms with van der Waals surface area (Å²) in [5.74, 6) is -2.04. The van der Waals surface area contributed by atoms with Gasteiger partial charge >= 0.3 is 17.9 Å². The second kappa shape index (κ2) is 16.5. The highest BCUT2D eigenvalue weighted by Crippen LogP contribution is 2.31. The molecule has 5 atom stereocenters. The van der Waals surface area contributed by atoms with Crippen molar-refractivity contribution in [2.24, 2.45) is 0 Å². The molecule has 0 amide bonds. The van der Waals surface area contributed by atoms with Gasteiger partial charge in [0, 0.05) is 29.7 Å². The van der Waals surface area contributed by atoms with Gasteiger partial charge in [-0.2, -0.15) is 0 Å². The van der Waals surface area contributed by atoms with Crippen LogP contribution in [0.25, 0.3) is 6.08 Å². The third kappa shape index (κ3) is 8.52. The molecule has 1 aromatic heterocycles. The molecule has 1 aliphatic heterocycles. The SMILES string of the molecule is C/C=C\c1c(NCCOC2O[C@@H](C)[C@@H](OC(=O)c3ccccc3)[C@@H](OC(=O)c3ccccc3)[C@@H]2OC(=O)c2ccccc2)ccnc1C. The number of esters is 3. The summed E-state index contributed by atoms with van der Waals surface area (Å²) < 4.78 is 30.3. The molecule has 1 aliphatic rings. The molecule has 2 heterocycles. The monoisotopic (exact) mass is 650 g/mol. The summed E-state index contributed by atoms with van der Waals surface area (Å²) in [6, 6.07) is 27.1. The zero-order valence-electron chi connectivity index (χ0n) is 27.0. The fourth-order valence-electron chi connectivity index (χ4n) is 5.30. The molecule has 5 rings (SSSR count). The number of aryl methyl sites for hydroxylation is 1. The molecule has 10 heteroatoms. The van der Waals surface area contributed by atoms with E-state index in [9.17, 15) is 14.4 Å². The van der Waals surface area contributed by atoms with E-state index in [2.05, 4.69) is 10.3 Å². The number of allylic oxidation sites excluding steroid dienone is 1. The van der Waals surface area contributed by atoms with Crippen molar-refractivity contribution < 1.29 is 38.1 Å². The van der Waals surface area contributed by atoms with E-state index < -0.39 is 48.6 Å². The maximum Gasteiger partial charge on any atom is 0.338 e. The molecule has 1 saturated heterocycles. The summed E-state index contributed by atoms with van der Waals surface area (Å²) in [7, 11) is 0. The number of ether oxygens (including phenoxy) is 5. The molecule has 48 heavy (non-hydrogen) atoms. The Hall–Kier alpha value is -5.32. The Labute approximate surface area is 279 Å². The number of anilines is 1. The first-order valence-electron chi connectivity index (χ1n) is 15.7. The van der Waals surface area contributed by atoms with Gasteiger partial charge in [0.2, 0.25) is 0 Å². The number of benzene rings is 3. The van der Waals surface area contributed by atoms with Crippen molar-refractivity contribution in [1.82, 2.24) is 4.98 Å². The topological polar surface area (TPSA) is 122 Å². The lowest BCUT2D eigenvalue weighted by Crippen LogP contribution is -2.61. The molecule has 10 nitrogen and oxygen atoms in total. The van der Waals surface area contributed by atoms with E-state index in [-0.39, 0.29) is 17.7 Å². The van der Waals surface area contributed by atoms with Crippen LogP contribution >= 0.6 is 0 Å². The average Bonchev–Trinajstić information content (AvgIpc) is 3.11. The minimum atomic E-state index is -1.31. The maximum atomic E-state index is 13.5. The fraction of sp³-hybridized carbons (Fsp3) is 0.263. The van der Waals surface area contributed by atoms with Crippen LogP contribution < -0.4 is 5.32 Å². The Bertz CT molecular complexity index is 1700. The minimum absolute atomic E-state index is 0.126. The van der Waals surface area contributed by atoms with Gasteiger partial charge in [-0.05, 0) is 63.2 Å². The number of carbonyl (C=O) groups excluding carboxylic acids is 3. The van der Waals surface area contributed by atoms with Gasteiger partial charge in [0.25, 0.3) is 0 Å². The Kier molecular flexibility index (Phi) is 11.7. The molecule has 0 bridgehead atoms. The zero-order chi connectivity index (χ0) is 33.9. The summed E-state index contributed by atoms with van der Waals surface area (Å²) in [6.45, 7) is 6.03. The summed E-state index contributed by atoms with van der Waals surface area (Å²) >= 11 is 0. The Morgan fingerprint density at radius 1 is 0.750 bits per heavy atom. The van der Waals surface area contributed by atoms with Crippen LogP contribution in [0, 0.1) is 6.92 Å². The number of carbonyl (C=O) groups is 3. The molecule has 248 valence electrons. The Balaban J connectivity index is 1.42. The lowest BCUT2D eigenvalue weighted by Gasteiger charge is -2.43. The lowest BCUT2D eigenvalue weighted by atomic mass is 9.98. The first kappa shape index (κ1) is 34.0. The number of aromatic nitrogens is 1. The third-order valence-electron chi connectivity index (χ3n) is 7.71. The standard InChI is InChI=1S/C38H38N2O8/c1-4-14-30-25(2)39-22-21-31(30)40-23-24-44-38-34(48-37(43)29-19-12-7-13-20-29)33(47-36(42)28-17-10-6-11-18-28)32(26(3)45-38)46-35(41)27-15-8-5-9-16-27/h4-22,26,32-34,38H,23-24H2,1-3H3,(H,39,40)/b14-4-/t26-,32+,33+,34-,38?/m0/s1. The molecule has 0 aliphatic carbocycles. The van der Waals surface area contributed by atoms with Crippen molar-refractivity contribution in [3.63, 3.8) is 0 Å². The highest BCUT2D eigenvalue weighted by atomic mass is 16.7. The normalized spacial score (nSPS) is 20.5. The van der Waals surface area contributed by atoms with Crippen LogP contribution in [0.3, 0.4) is 0 Å². The van der Waals surface area contributed by atoms with Crippen LogP contribution in [-0.2, 0) is 23.7 Å². The molecule has 0 radical (unpaired) electrons. The average molecular weight is 651 g/mol. The van der Waals surface area contributed by atoms with E-state index in [0.717, 1.165) is 16.9 Å². The van der Waals surface area contributed by atoms with Crippen molar-refractivity contribution in [3.05, 3.63) is 137 Å². The second-order valence-corrected chi connectivity index (χ2v) is 11.1. The van der Waals surface area contributed by atoms with Crippen molar-refractivity contribution in [2.75, 3.05) is 18.5 Å². The lowest BCUT2D eigenvalue weighted by molar-refractivity contribution is -0.289. The minimum Gasteiger partial charge on any atom is -0.452 e. The van der Waals surface area contributed by atoms with Gasteiger partial charge in [0.1, 0.15) is 0 Å². The van der Waals surface area contributed by atoms with E-state index in [4.69, 9.17) is 23.7 Å². The van der Waals surface area contributed by atoms with Crippen LogP contribution in [0.15, 0.2) is 109 Å². The number of pyridine rings is 1. The highest BCUT2D eigenvalue weighted by molar-refractivity contribution is 5.91. The summed E-state index contributed by atoms with van der Waals surface area (Å²) in [6.07, 6.45) is -0.116.